The maximum Gasteiger partial charge on any atom is 0.251 e. The molecule has 4 aromatic rings. The molecule has 1 saturated carbocycles. The fourth-order valence-corrected chi connectivity index (χ4v) is 6.55. The molecule has 50 heavy (non-hydrogen) atoms. The van der Waals surface area contributed by atoms with Crippen LogP contribution in [-0.2, 0) is 16.0 Å². The Hall–Kier alpha value is -4.85. The number of aromatic nitrogens is 4. The zero-order chi connectivity index (χ0) is 34.2. The fourth-order valence-electron chi connectivity index (χ4n) is 6.55. The first-order valence-corrected chi connectivity index (χ1v) is 16.8. The normalized spacial score (nSPS) is 19.1. The van der Waals surface area contributed by atoms with Crippen molar-refractivity contribution in [1.29, 1.82) is 0 Å². The summed E-state index contributed by atoms with van der Waals surface area (Å²) in [6.07, 6.45) is 4.54. The number of ether oxygens (including phenoxy) is 1. The maximum atomic E-state index is 13.7. The minimum Gasteiger partial charge on any atom is -0.496 e. The average Bonchev–Trinajstić information content (AvgIpc) is 3.87. The lowest BCUT2D eigenvalue weighted by Crippen LogP contribution is -2.48. The predicted molar refractivity (Wildman–Crippen MR) is 193 cm³/mol. The summed E-state index contributed by atoms with van der Waals surface area (Å²) < 4.78 is 5.68. The van der Waals surface area contributed by atoms with E-state index in [0.29, 0.717) is 41.7 Å². The van der Waals surface area contributed by atoms with Gasteiger partial charge in [-0.2, -0.15) is 5.21 Å². The summed E-state index contributed by atoms with van der Waals surface area (Å²) in [6.45, 7) is 2.30. The van der Waals surface area contributed by atoms with Gasteiger partial charge in [0.1, 0.15) is 11.8 Å². The average molecular weight is 702 g/mol. The van der Waals surface area contributed by atoms with Gasteiger partial charge in [0.25, 0.3) is 5.91 Å². The van der Waals surface area contributed by atoms with Crippen molar-refractivity contribution in [2.24, 2.45) is 17.6 Å². The number of amides is 3. The Morgan fingerprint density at radius 1 is 0.960 bits per heavy atom. The van der Waals surface area contributed by atoms with Crippen molar-refractivity contribution in [2.75, 3.05) is 32.1 Å². The summed E-state index contributed by atoms with van der Waals surface area (Å²) in [5.74, 6) is 0.773. The second-order valence-corrected chi connectivity index (χ2v) is 12.8. The van der Waals surface area contributed by atoms with Crippen LogP contribution in [0.25, 0.3) is 22.5 Å². The molecule has 264 valence electrons. The smallest absolute Gasteiger partial charge is 0.251 e. The van der Waals surface area contributed by atoms with E-state index in [1.54, 1.807) is 43.5 Å². The van der Waals surface area contributed by atoms with Crippen LogP contribution in [0.4, 0.5) is 5.69 Å². The molecule has 1 aromatic heterocycles. The van der Waals surface area contributed by atoms with Crippen molar-refractivity contribution in [2.45, 2.75) is 50.6 Å². The molecule has 1 aliphatic heterocycles. The molecule has 2 fully saturated rings. The topological polar surface area (TPSA) is 189 Å². The van der Waals surface area contributed by atoms with Crippen LogP contribution in [0, 0.1) is 11.8 Å². The number of carbonyl (C=O) groups excluding carboxylic acids is 3. The van der Waals surface area contributed by atoms with Gasteiger partial charge in [0.2, 0.25) is 17.6 Å². The number of hydrogen-bond donors (Lipinski definition) is 6. The summed E-state index contributed by atoms with van der Waals surface area (Å²) in [5.41, 5.74) is 10.3. The van der Waals surface area contributed by atoms with E-state index in [1.165, 1.54) is 0 Å². The number of nitrogens with one attached hydrogen (secondary N) is 5. The van der Waals surface area contributed by atoms with Gasteiger partial charge < -0.3 is 31.7 Å². The molecule has 14 heteroatoms. The summed E-state index contributed by atoms with van der Waals surface area (Å²) >= 11 is 0. The second-order valence-electron chi connectivity index (χ2n) is 12.8. The summed E-state index contributed by atoms with van der Waals surface area (Å²) in [7, 11) is 1.59. The Morgan fingerprint density at radius 2 is 1.70 bits per heavy atom. The van der Waals surface area contributed by atoms with Gasteiger partial charge in [-0.05, 0) is 110 Å². The number of H-pyrrole nitrogens is 1. The van der Waals surface area contributed by atoms with Gasteiger partial charge in [0.05, 0.1) is 7.11 Å². The summed E-state index contributed by atoms with van der Waals surface area (Å²) in [6, 6.07) is 19.7. The number of aromatic amines is 1. The van der Waals surface area contributed by atoms with E-state index in [-0.39, 0.29) is 42.1 Å². The van der Waals surface area contributed by atoms with Crippen LogP contribution in [0.1, 0.15) is 48.0 Å². The first-order chi connectivity index (χ1) is 23.9. The first-order valence-electron chi connectivity index (χ1n) is 16.8. The first kappa shape index (κ1) is 36.4. The molecular formula is C36H44ClN9O4. The van der Waals surface area contributed by atoms with Crippen LogP contribution in [0.2, 0.25) is 0 Å². The SMILES string of the molecule is COc1cc(C(=O)N[C@@H]2CCNC2)ccc1-c1ccc(C[C@H](NC(=O)C2CCC(CN)CC2)C(=O)Nc2ccc(-c3nn[nH]n3)cc2)cc1.Cl. The van der Waals surface area contributed by atoms with Gasteiger partial charge in [-0.1, -0.05) is 24.3 Å². The van der Waals surface area contributed by atoms with E-state index >= 15 is 0 Å². The Kier molecular flexibility index (Phi) is 12.5. The van der Waals surface area contributed by atoms with Crippen LogP contribution < -0.4 is 31.7 Å². The molecule has 2 atom stereocenters. The van der Waals surface area contributed by atoms with E-state index in [0.717, 1.165) is 67.4 Å². The number of methoxy groups -OCH3 is 1. The van der Waals surface area contributed by atoms with Crippen molar-refractivity contribution in [1.82, 2.24) is 36.6 Å². The minimum atomic E-state index is -0.801. The molecule has 0 bridgehead atoms. The molecule has 0 unspecified atom stereocenters. The van der Waals surface area contributed by atoms with Gasteiger partial charge in [0, 0.05) is 47.3 Å². The molecule has 0 radical (unpaired) electrons. The second kappa shape index (κ2) is 17.2. The number of hydrogen-bond acceptors (Lipinski definition) is 9. The van der Waals surface area contributed by atoms with Gasteiger partial charge in [-0.3, -0.25) is 14.4 Å². The summed E-state index contributed by atoms with van der Waals surface area (Å²) in [4.78, 5) is 39.9. The van der Waals surface area contributed by atoms with Crippen molar-refractivity contribution in [3.8, 4) is 28.3 Å². The maximum absolute atomic E-state index is 13.7. The lowest BCUT2D eigenvalue weighted by molar-refractivity contribution is -0.130. The molecule has 6 rings (SSSR count). The number of anilines is 1. The third-order valence-corrected chi connectivity index (χ3v) is 9.50. The third-order valence-electron chi connectivity index (χ3n) is 9.50. The number of nitrogens with two attached hydrogens (primary N) is 1. The third kappa shape index (κ3) is 9.03. The van der Waals surface area contributed by atoms with E-state index in [4.69, 9.17) is 10.5 Å². The number of carbonyl (C=O) groups is 3. The van der Waals surface area contributed by atoms with E-state index in [9.17, 15) is 14.4 Å². The number of tetrazole rings is 1. The highest BCUT2D eigenvalue weighted by atomic mass is 35.5. The fraction of sp³-hybridized carbons (Fsp3) is 0.389. The van der Waals surface area contributed by atoms with Crippen LogP contribution in [-0.4, -0.2) is 77.2 Å². The van der Waals surface area contributed by atoms with Gasteiger partial charge in [0.15, 0.2) is 0 Å². The van der Waals surface area contributed by atoms with Gasteiger partial charge in [-0.25, -0.2) is 0 Å². The Labute approximate surface area is 297 Å². The van der Waals surface area contributed by atoms with Crippen molar-refractivity contribution in [3.63, 3.8) is 0 Å². The number of halogens is 1. The highest BCUT2D eigenvalue weighted by Crippen LogP contribution is 2.32. The molecule has 0 spiro atoms. The molecule has 3 amide bonds. The van der Waals surface area contributed by atoms with Crippen LogP contribution in [0.5, 0.6) is 5.75 Å². The Morgan fingerprint density at radius 3 is 2.34 bits per heavy atom. The van der Waals surface area contributed by atoms with E-state index in [2.05, 4.69) is 41.9 Å². The Bertz CT molecular complexity index is 1720. The predicted octanol–water partition coefficient (Wildman–Crippen LogP) is 3.49. The molecule has 1 aliphatic carbocycles. The quantitative estimate of drug-likeness (QED) is 0.128. The van der Waals surface area contributed by atoms with E-state index < -0.39 is 6.04 Å². The van der Waals surface area contributed by atoms with Gasteiger partial charge >= 0.3 is 0 Å². The Balaban J connectivity index is 0.00000486. The number of rotatable bonds is 12. The summed E-state index contributed by atoms with van der Waals surface area (Å²) in [5, 5.41) is 26.3. The van der Waals surface area contributed by atoms with Crippen LogP contribution >= 0.6 is 12.4 Å². The van der Waals surface area contributed by atoms with Crippen LogP contribution in [0.3, 0.4) is 0 Å². The lowest BCUT2D eigenvalue weighted by Gasteiger charge is -2.28. The highest BCUT2D eigenvalue weighted by molar-refractivity contribution is 5.98. The molecule has 7 N–H and O–H groups in total. The molecule has 13 nitrogen and oxygen atoms in total. The molecule has 1 saturated heterocycles. The van der Waals surface area contributed by atoms with Crippen molar-refractivity contribution < 1.29 is 19.1 Å². The molecule has 3 aromatic carbocycles. The van der Waals surface area contributed by atoms with E-state index in [1.807, 2.05) is 30.3 Å². The zero-order valence-electron chi connectivity index (χ0n) is 28.0. The minimum absolute atomic E-state index is 0. The zero-order valence-corrected chi connectivity index (χ0v) is 28.8. The monoisotopic (exact) mass is 701 g/mol. The standard InChI is InChI=1S/C36H43N9O4.ClH/c1-49-32-19-27(35(47)40-29-16-17-38-21-29)12-15-30(32)24-6-2-22(3-7-24)18-31(41-34(46)26-8-4-23(20-37)5-9-26)36(48)39-28-13-10-25(11-14-28)33-42-44-45-43-33;/h2-3,6-7,10-15,19,23,26,29,31,38H,4-5,8-9,16-18,20-21,37H2,1H3,(H,39,48)(H,40,47)(H,41,46)(H,42,43,44,45);1H/t23?,26?,29-,31+;/m1./s1. The van der Waals surface area contributed by atoms with Gasteiger partial charge in [-0.15, -0.1) is 22.6 Å². The number of benzene rings is 3. The largest absolute Gasteiger partial charge is 0.496 e. The molecular weight excluding hydrogens is 658 g/mol. The molecule has 2 aliphatic rings. The lowest BCUT2D eigenvalue weighted by atomic mass is 9.81. The molecule has 2 heterocycles. The highest BCUT2D eigenvalue weighted by Gasteiger charge is 2.29. The van der Waals surface area contributed by atoms with Crippen molar-refractivity contribution in [3.05, 3.63) is 77.9 Å². The van der Waals surface area contributed by atoms with Crippen molar-refractivity contribution >= 4 is 35.8 Å². The number of nitrogens with zero attached hydrogens (tertiary/aromatic N) is 3. The van der Waals surface area contributed by atoms with Crippen LogP contribution in [0.15, 0.2) is 66.7 Å².